The van der Waals surface area contributed by atoms with Crippen LogP contribution in [0.15, 0.2) is 66.9 Å². The number of hydrogen-bond acceptors (Lipinski definition) is 2. The van der Waals surface area contributed by atoms with Crippen molar-refractivity contribution in [2.45, 2.75) is 32.7 Å². The smallest absolute Gasteiger partial charge is 0.251 e. The van der Waals surface area contributed by atoms with Crippen molar-refractivity contribution in [3.8, 4) is 5.69 Å². The van der Waals surface area contributed by atoms with Crippen molar-refractivity contribution in [1.82, 2.24) is 15.1 Å². The summed E-state index contributed by atoms with van der Waals surface area (Å²) in [4.78, 5) is 12.4. The molecule has 0 aliphatic rings. The molecule has 0 spiro atoms. The summed E-state index contributed by atoms with van der Waals surface area (Å²) in [6.45, 7) is 4.05. The Balaban J connectivity index is 1.56. The highest BCUT2D eigenvalue weighted by atomic mass is 16.1. The number of aromatic nitrogens is 2. The van der Waals surface area contributed by atoms with E-state index in [2.05, 4.69) is 22.5 Å². The van der Waals surface area contributed by atoms with Gasteiger partial charge in [0.25, 0.3) is 5.91 Å². The topological polar surface area (TPSA) is 46.9 Å². The zero-order valence-corrected chi connectivity index (χ0v) is 14.6. The van der Waals surface area contributed by atoms with Crippen molar-refractivity contribution < 1.29 is 4.79 Å². The van der Waals surface area contributed by atoms with Crippen LogP contribution in [0.3, 0.4) is 0 Å². The molecule has 1 atom stereocenters. The van der Waals surface area contributed by atoms with Crippen LogP contribution in [-0.2, 0) is 6.42 Å². The Hall–Kier alpha value is -2.88. The van der Waals surface area contributed by atoms with Crippen LogP contribution in [-0.4, -0.2) is 21.7 Å². The third kappa shape index (κ3) is 4.35. The Morgan fingerprint density at radius 3 is 2.44 bits per heavy atom. The van der Waals surface area contributed by atoms with E-state index >= 15 is 0 Å². The minimum atomic E-state index is -0.0377. The SMILES string of the molecule is Cc1ccnn1-c1ccc(C(=O)N[C@H](C)CCc2ccccc2)cc1. The number of amides is 1. The fraction of sp³-hybridized carbons (Fsp3) is 0.238. The first-order valence-corrected chi connectivity index (χ1v) is 8.59. The molecule has 0 bridgehead atoms. The number of nitrogens with zero attached hydrogens (tertiary/aromatic N) is 2. The number of carbonyl (C=O) groups excluding carboxylic acids is 1. The first kappa shape index (κ1) is 17.0. The zero-order chi connectivity index (χ0) is 17.6. The second-order valence-electron chi connectivity index (χ2n) is 6.33. The fourth-order valence-electron chi connectivity index (χ4n) is 2.80. The largest absolute Gasteiger partial charge is 0.350 e. The molecule has 1 amide bonds. The Kier molecular flexibility index (Phi) is 5.29. The van der Waals surface area contributed by atoms with Gasteiger partial charge in [0.05, 0.1) is 5.69 Å². The van der Waals surface area contributed by atoms with Crippen molar-refractivity contribution in [3.63, 3.8) is 0 Å². The van der Waals surface area contributed by atoms with E-state index in [0.717, 1.165) is 24.2 Å². The van der Waals surface area contributed by atoms with Gasteiger partial charge in [-0.05, 0) is 62.6 Å². The van der Waals surface area contributed by atoms with Gasteiger partial charge in [-0.25, -0.2) is 4.68 Å². The number of aryl methyl sites for hydroxylation is 2. The Morgan fingerprint density at radius 1 is 1.08 bits per heavy atom. The Labute approximate surface area is 148 Å². The highest BCUT2D eigenvalue weighted by Gasteiger charge is 2.10. The van der Waals surface area contributed by atoms with E-state index in [1.165, 1.54) is 5.56 Å². The van der Waals surface area contributed by atoms with Crippen molar-refractivity contribution in [2.75, 3.05) is 0 Å². The summed E-state index contributed by atoms with van der Waals surface area (Å²) < 4.78 is 1.85. The lowest BCUT2D eigenvalue weighted by Gasteiger charge is -2.14. The van der Waals surface area contributed by atoms with E-state index in [1.54, 1.807) is 6.20 Å². The van der Waals surface area contributed by atoms with Gasteiger partial charge in [-0.15, -0.1) is 0 Å². The molecule has 128 valence electrons. The second-order valence-corrected chi connectivity index (χ2v) is 6.33. The summed E-state index contributed by atoms with van der Waals surface area (Å²) >= 11 is 0. The summed E-state index contributed by atoms with van der Waals surface area (Å²) in [7, 11) is 0. The average Bonchev–Trinajstić information content (AvgIpc) is 3.07. The molecule has 1 aromatic heterocycles. The van der Waals surface area contributed by atoms with E-state index in [-0.39, 0.29) is 11.9 Å². The van der Waals surface area contributed by atoms with Crippen LogP contribution in [0.5, 0.6) is 0 Å². The molecule has 0 fully saturated rings. The molecule has 0 saturated heterocycles. The summed E-state index contributed by atoms with van der Waals surface area (Å²) in [5, 5.41) is 7.35. The van der Waals surface area contributed by atoms with Crippen LogP contribution in [0.4, 0.5) is 0 Å². The van der Waals surface area contributed by atoms with Gasteiger partial charge in [-0.2, -0.15) is 5.10 Å². The van der Waals surface area contributed by atoms with Crippen LogP contribution >= 0.6 is 0 Å². The van der Waals surface area contributed by atoms with Gasteiger partial charge in [-0.3, -0.25) is 4.79 Å². The van der Waals surface area contributed by atoms with E-state index in [9.17, 15) is 4.79 Å². The summed E-state index contributed by atoms with van der Waals surface area (Å²) in [5.41, 5.74) is 3.98. The van der Waals surface area contributed by atoms with Gasteiger partial charge in [0, 0.05) is 23.5 Å². The van der Waals surface area contributed by atoms with Gasteiger partial charge in [0.15, 0.2) is 0 Å². The lowest BCUT2D eigenvalue weighted by molar-refractivity contribution is 0.0938. The summed E-state index contributed by atoms with van der Waals surface area (Å²) in [5.74, 6) is -0.0377. The van der Waals surface area contributed by atoms with E-state index in [1.807, 2.05) is 67.1 Å². The van der Waals surface area contributed by atoms with Gasteiger partial charge in [-0.1, -0.05) is 30.3 Å². The maximum atomic E-state index is 12.4. The standard InChI is InChI=1S/C21H23N3O/c1-16(8-9-18-6-4-3-5-7-18)23-21(25)19-10-12-20(13-11-19)24-17(2)14-15-22-24/h3-7,10-16H,8-9H2,1-2H3,(H,23,25)/t16-/m1/s1. The normalized spacial score (nSPS) is 11.9. The van der Waals surface area contributed by atoms with E-state index in [0.29, 0.717) is 5.56 Å². The molecule has 1 heterocycles. The van der Waals surface area contributed by atoms with Gasteiger partial charge in [0.1, 0.15) is 0 Å². The number of rotatable bonds is 6. The third-order valence-corrected chi connectivity index (χ3v) is 4.29. The Morgan fingerprint density at radius 2 is 1.80 bits per heavy atom. The molecule has 4 nitrogen and oxygen atoms in total. The lowest BCUT2D eigenvalue weighted by atomic mass is 10.1. The van der Waals surface area contributed by atoms with Crippen molar-refractivity contribution in [2.24, 2.45) is 0 Å². The molecule has 4 heteroatoms. The quantitative estimate of drug-likeness (QED) is 0.743. The highest BCUT2D eigenvalue weighted by molar-refractivity contribution is 5.94. The molecule has 3 aromatic rings. The maximum Gasteiger partial charge on any atom is 0.251 e. The molecule has 0 aliphatic carbocycles. The lowest BCUT2D eigenvalue weighted by Crippen LogP contribution is -2.32. The first-order valence-electron chi connectivity index (χ1n) is 8.59. The summed E-state index contributed by atoms with van der Waals surface area (Å²) in [6, 6.07) is 19.9. The molecule has 25 heavy (non-hydrogen) atoms. The molecule has 0 radical (unpaired) electrons. The minimum Gasteiger partial charge on any atom is -0.350 e. The number of carbonyl (C=O) groups is 1. The van der Waals surface area contributed by atoms with Crippen LogP contribution in [0, 0.1) is 6.92 Å². The van der Waals surface area contributed by atoms with Crippen LogP contribution in [0.25, 0.3) is 5.69 Å². The van der Waals surface area contributed by atoms with Crippen molar-refractivity contribution in [1.29, 1.82) is 0 Å². The zero-order valence-electron chi connectivity index (χ0n) is 14.6. The molecule has 3 rings (SSSR count). The molecular weight excluding hydrogens is 310 g/mol. The third-order valence-electron chi connectivity index (χ3n) is 4.29. The average molecular weight is 333 g/mol. The Bertz CT molecular complexity index is 822. The monoisotopic (exact) mass is 333 g/mol. The summed E-state index contributed by atoms with van der Waals surface area (Å²) in [6.07, 6.45) is 3.64. The predicted molar refractivity (Wildman–Crippen MR) is 100.0 cm³/mol. The predicted octanol–water partition coefficient (Wildman–Crippen LogP) is 3.93. The molecule has 2 aromatic carbocycles. The molecule has 0 unspecified atom stereocenters. The molecular formula is C21H23N3O. The van der Waals surface area contributed by atoms with E-state index < -0.39 is 0 Å². The van der Waals surface area contributed by atoms with Crippen molar-refractivity contribution >= 4 is 5.91 Å². The molecule has 1 N–H and O–H groups in total. The highest BCUT2D eigenvalue weighted by Crippen LogP contribution is 2.12. The van der Waals surface area contributed by atoms with Crippen LogP contribution < -0.4 is 5.32 Å². The number of benzene rings is 2. The first-order chi connectivity index (χ1) is 12.1. The van der Waals surface area contributed by atoms with Crippen LogP contribution in [0.1, 0.15) is 35.0 Å². The van der Waals surface area contributed by atoms with Crippen LogP contribution in [0.2, 0.25) is 0 Å². The number of nitrogens with one attached hydrogen (secondary N) is 1. The fourth-order valence-corrected chi connectivity index (χ4v) is 2.80. The molecule has 0 aliphatic heterocycles. The minimum absolute atomic E-state index is 0.0377. The van der Waals surface area contributed by atoms with Gasteiger partial charge in [0.2, 0.25) is 0 Å². The van der Waals surface area contributed by atoms with E-state index in [4.69, 9.17) is 0 Å². The van der Waals surface area contributed by atoms with Gasteiger partial charge < -0.3 is 5.32 Å². The maximum absolute atomic E-state index is 12.4. The van der Waals surface area contributed by atoms with Crippen molar-refractivity contribution in [3.05, 3.63) is 83.7 Å². The number of hydrogen-bond donors (Lipinski definition) is 1. The van der Waals surface area contributed by atoms with Gasteiger partial charge >= 0.3 is 0 Å². The second kappa shape index (κ2) is 7.79. The molecule has 0 saturated carbocycles.